The third-order valence-electron chi connectivity index (χ3n) is 3.86. The number of nitrogens with zero attached hydrogens (tertiary/aromatic N) is 2. The van der Waals surface area contributed by atoms with E-state index in [1.165, 1.54) is 7.11 Å². The van der Waals surface area contributed by atoms with Crippen molar-refractivity contribution in [3.8, 4) is 5.75 Å². The van der Waals surface area contributed by atoms with Crippen molar-refractivity contribution < 1.29 is 23.9 Å². The molecule has 3 rings (SSSR count). The van der Waals surface area contributed by atoms with E-state index in [0.29, 0.717) is 43.2 Å². The van der Waals surface area contributed by atoms with Crippen LogP contribution >= 0.6 is 0 Å². The van der Waals surface area contributed by atoms with E-state index in [4.69, 9.17) is 4.74 Å². The number of fused-ring (bicyclic) bond motifs is 1. The van der Waals surface area contributed by atoms with Crippen LogP contribution in [0.3, 0.4) is 0 Å². The number of ether oxygens (including phenoxy) is 2. The van der Waals surface area contributed by atoms with Gasteiger partial charge in [-0.2, -0.15) is 0 Å². The maximum absolute atomic E-state index is 12.6. The second-order valence-corrected chi connectivity index (χ2v) is 5.30. The first-order valence-corrected chi connectivity index (χ1v) is 7.27. The van der Waals surface area contributed by atoms with Gasteiger partial charge in [-0.1, -0.05) is 0 Å². The highest BCUT2D eigenvalue weighted by molar-refractivity contribution is 5.99. The summed E-state index contributed by atoms with van der Waals surface area (Å²) in [6.07, 6.45) is -0.384. The minimum absolute atomic E-state index is 0.0181. The number of piperazine rings is 1. The molecule has 23 heavy (non-hydrogen) atoms. The highest BCUT2D eigenvalue weighted by Crippen LogP contribution is 2.29. The number of carbonyl (C=O) groups excluding carboxylic acids is 3. The van der Waals surface area contributed by atoms with Gasteiger partial charge in [0.05, 0.1) is 12.8 Å². The predicted octanol–water partition coefficient (Wildman–Crippen LogP) is 0.542. The summed E-state index contributed by atoms with van der Waals surface area (Å²) in [5, 5.41) is 2.68. The fourth-order valence-electron chi connectivity index (χ4n) is 2.62. The number of hydrogen-bond donors (Lipinski definition) is 1. The number of methoxy groups -OCH3 is 1. The number of carbonyl (C=O) groups is 3. The van der Waals surface area contributed by atoms with Crippen molar-refractivity contribution in [3.63, 3.8) is 0 Å². The minimum Gasteiger partial charge on any atom is -0.482 e. The van der Waals surface area contributed by atoms with Crippen molar-refractivity contribution >= 4 is 23.6 Å². The Kier molecular flexibility index (Phi) is 4.05. The zero-order valence-corrected chi connectivity index (χ0v) is 12.7. The van der Waals surface area contributed by atoms with Crippen molar-refractivity contribution in [3.05, 3.63) is 23.8 Å². The average Bonchev–Trinajstić information content (AvgIpc) is 2.59. The molecule has 2 aliphatic heterocycles. The molecule has 0 saturated carbocycles. The van der Waals surface area contributed by atoms with Crippen molar-refractivity contribution in [2.45, 2.75) is 0 Å². The Morgan fingerprint density at radius 2 is 1.87 bits per heavy atom. The summed E-state index contributed by atoms with van der Waals surface area (Å²) >= 11 is 0. The number of benzene rings is 1. The molecule has 8 heteroatoms. The van der Waals surface area contributed by atoms with E-state index < -0.39 is 0 Å². The van der Waals surface area contributed by atoms with Gasteiger partial charge >= 0.3 is 6.09 Å². The summed E-state index contributed by atoms with van der Waals surface area (Å²) in [6, 6.07) is 4.96. The normalized spacial score (nSPS) is 17.0. The second kappa shape index (κ2) is 6.15. The number of hydrogen-bond acceptors (Lipinski definition) is 5. The smallest absolute Gasteiger partial charge is 0.409 e. The summed E-state index contributed by atoms with van der Waals surface area (Å²) < 4.78 is 9.95. The average molecular weight is 319 g/mol. The van der Waals surface area contributed by atoms with E-state index in [0.717, 1.165) is 0 Å². The summed E-state index contributed by atoms with van der Waals surface area (Å²) in [6.45, 7) is 1.73. The Hall–Kier alpha value is -2.77. The molecular weight excluding hydrogens is 302 g/mol. The molecule has 1 aromatic rings. The predicted molar refractivity (Wildman–Crippen MR) is 80.4 cm³/mol. The van der Waals surface area contributed by atoms with Gasteiger partial charge < -0.3 is 24.6 Å². The van der Waals surface area contributed by atoms with Gasteiger partial charge in [0.25, 0.3) is 11.8 Å². The SMILES string of the molecule is COC(=O)N1CCN(C(=O)c2ccc3c(c2)NC(=O)CO3)CC1. The Morgan fingerprint density at radius 1 is 1.17 bits per heavy atom. The van der Waals surface area contributed by atoms with Crippen LogP contribution in [0.25, 0.3) is 0 Å². The van der Waals surface area contributed by atoms with Gasteiger partial charge in [-0.15, -0.1) is 0 Å². The fraction of sp³-hybridized carbons (Fsp3) is 0.400. The lowest BCUT2D eigenvalue weighted by Gasteiger charge is -2.34. The zero-order chi connectivity index (χ0) is 16.4. The molecule has 0 radical (unpaired) electrons. The van der Waals surface area contributed by atoms with Crippen molar-refractivity contribution in [2.24, 2.45) is 0 Å². The molecule has 0 atom stereocenters. The molecule has 1 N–H and O–H groups in total. The van der Waals surface area contributed by atoms with Crippen LogP contribution in [0.1, 0.15) is 10.4 Å². The Bertz CT molecular complexity index is 653. The van der Waals surface area contributed by atoms with E-state index in [2.05, 4.69) is 10.1 Å². The molecule has 3 amide bonds. The zero-order valence-electron chi connectivity index (χ0n) is 12.7. The summed E-state index contributed by atoms with van der Waals surface area (Å²) in [5.74, 6) is 0.169. The minimum atomic E-state index is -0.384. The first kappa shape index (κ1) is 15.1. The monoisotopic (exact) mass is 319 g/mol. The topological polar surface area (TPSA) is 88.2 Å². The lowest BCUT2D eigenvalue weighted by atomic mass is 10.1. The lowest BCUT2D eigenvalue weighted by molar-refractivity contribution is -0.118. The van der Waals surface area contributed by atoms with Crippen LogP contribution in [0, 0.1) is 0 Å². The number of anilines is 1. The Balaban J connectivity index is 1.68. The van der Waals surface area contributed by atoms with E-state index in [1.807, 2.05) is 0 Å². The van der Waals surface area contributed by atoms with E-state index in [9.17, 15) is 14.4 Å². The van der Waals surface area contributed by atoms with Crippen molar-refractivity contribution in [1.29, 1.82) is 0 Å². The van der Waals surface area contributed by atoms with Crippen LogP contribution in [0.15, 0.2) is 18.2 Å². The third kappa shape index (κ3) is 3.05. The van der Waals surface area contributed by atoms with Crippen LogP contribution in [0.2, 0.25) is 0 Å². The van der Waals surface area contributed by atoms with Crippen LogP contribution in [0.5, 0.6) is 5.75 Å². The van der Waals surface area contributed by atoms with Gasteiger partial charge in [0, 0.05) is 31.7 Å². The van der Waals surface area contributed by atoms with Gasteiger partial charge in [-0.05, 0) is 18.2 Å². The third-order valence-corrected chi connectivity index (χ3v) is 3.86. The van der Waals surface area contributed by atoms with Gasteiger partial charge in [0.1, 0.15) is 5.75 Å². The van der Waals surface area contributed by atoms with Crippen molar-refractivity contribution in [1.82, 2.24) is 9.80 Å². The molecular formula is C15H17N3O5. The highest BCUT2D eigenvalue weighted by Gasteiger charge is 2.26. The van der Waals surface area contributed by atoms with Crippen LogP contribution in [-0.2, 0) is 9.53 Å². The van der Waals surface area contributed by atoms with E-state index >= 15 is 0 Å². The van der Waals surface area contributed by atoms with Gasteiger partial charge in [0.2, 0.25) is 0 Å². The molecule has 0 aromatic heterocycles. The number of nitrogens with one attached hydrogen (secondary N) is 1. The molecule has 8 nitrogen and oxygen atoms in total. The molecule has 1 aromatic carbocycles. The largest absolute Gasteiger partial charge is 0.482 e. The molecule has 1 saturated heterocycles. The number of amides is 3. The van der Waals surface area contributed by atoms with E-state index in [-0.39, 0.29) is 24.5 Å². The maximum Gasteiger partial charge on any atom is 0.409 e. The second-order valence-electron chi connectivity index (χ2n) is 5.30. The molecule has 0 aliphatic carbocycles. The Labute approximate surface area is 132 Å². The maximum atomic E-state index is 12.6. The molecule has 2 heterocycles. The highest BCUT2D eigenvalue weighted by atomic mass is 16.5. The molecule has 0 unspecified atom stereocenters. The van der Waals surface area contributed by atoms with Gasteiger partial charge in [0.15, 0.2) is 6.61 Å². The fourth-order valence-corrected chi connectivity index (χ4v) is 2.62. The van der Waals surface area contributed by atoms with Crippen LogP contribution in [-0.4, -0.2) is 67.6 Å². The molecule has 0 spiro atoms. The lowest BCUT2D eigenvalue weighted by Crippen LogP contribution is -2.50. The standard InChI is InChI=1S/C15H17N3O5/c1-22-15(21)18-6-4-17(5-7-18)14(20)10-2-3-12-11(8-10)16-13(19)9-23-12/h2-3,8H,4-7,9H2,1H3,(H,16,19). The first-order chi connectivity index (χ1) is 11.1. The van der Waals surface area contributed by atoms with Crippen LogP contribution in [0.4, 0.5) is 10.5 Å². The van der Waals surface area contributed by atoms with Gasteiger partial charge in [-0.3, -0.25) is 9.59 Å². The summed E-state index contributed by atoms with van der Waals surface area (Å²) in [5.41, 5.74) is 0.973. The molecule has 1 fully saturated rings. The number of rotatable bonds is 1. The van der Waals surface area contributed by atoms with Crippen LogP contribution < -0.4 is 10.1 Å². The molecule has 2 aliphatic rings. The summed E-state index contributed by atoms with van der Waals surface area (Å²) in [7, 11) is 1.34. The van der Waals surface area contributed by atoms with Gasteiger partial charge in [-0.25, -0.2) is 4.79 Å². The molecule has 0 bridgehead atoms. The quantitative estimate of drug-likeness (QED) is 0.816. The first-order valence-electron chi connectivity index (χ1n) is 7.27. The summed E-state index contributed by atoms with van der Waals surface area (Å²) in [4.78, 5) is 38.6. The Morgan fingerprint density at radius 3 is 2.57 bits per heavy atom. The molecule has 122 valence electrons. The van der Waals surface area contributed by atoms with E-state index in [1.54, 1.807) is 28.0 Å². The van der Waals surface area contributed by atoms with Crippen molar-refractivity contribution in [2.75, 3.05) is 45.2 Å².